The zero-order valence-corrected chi connectivity index (χ0v) is 9.46. The maximum Gasteiger partial charge on any atom is 0.0645 e. The van der Waals surface area contributed by atoms with E-state index in [1.807, 2.05) is 0 Å². The third-order valence-electron chi connectivity index (χ3n) is 2.00. The average Bonchev–Trinajstić information content (AvgIpc) is 2.15. The van der Waals surface area contributed by atoms with E-state index in [1.54, 1.807) is 0 Å². The second-order valence-electron chi connectivity index (χ2n) is 3.74. The molecular weight excluding hydrogens is 176 g/mol. The molecule has 0 aromatic rings. The molecule has 0 aliphatic heterocycles. The Morgan fingerprint density at radius 3 is 2.43 bits per heavy atom. The molecule has 0 saturated carbocycles. The van der Waals surface area contributed by atoms with Crippen LogP contribution in [0.15, 0.2) is 0 Å². The quantitative estimate of drug-likeness (QED) is 0.532. The van der Waals surface area contributed by atoms with E-state index >= 15 is 0 Å². The SMILES string of the molecule is CN(C)CCCCCCOCCC#N. The number of rotatable bonds is 9. The van der Waals surface area contributed by atoms with E-state index in [4.69, 9.17) is 10.00 Å². The number of nitrogens with zero attached hydrogens (tertiary/aromatic N) is 2. The molecule has 3 heteroatoms. The molecule has 3 nitrogen and oxygen atoms in total. The summed E-state index contributed by atoms with van der Waals surface area (Å²) >= 11 is 0. The van der Waals surface area contributed by atoms with Gasteiger partial charge in [-0.2, -0.15) is 5.26 Å². The van der Waals surface area contributed by atoms with Crippen molar-refractivity contribution >= 4 is 0 Å². The van der Waals surface area contributed by atoms with Crippen molar-refractivity contribution in [2.45, 2.75) is 32.1 Å². The molecule has 0 aliphatic rings. The molecule has 0 bridgehead atoms. The highest BCUT2D eigenvalue weighted by Gasteiger charge is 1.92. The van der Waals surface area contributed by atoms with Crippen LogP contribution in [-0.4, -0.2) is 38.8 Å². The van der Waals surface area contributed by atoms with Gasteiger partial charge in [-0.1, -0.05) is 12.8 Å². The van der Waals surface area contributed by atoms with Gasteiger partial charge in [0.15, 0.2) is 0 Å². The van der Waals surface area contributed by atoms with Crippen molar-refractivity contribution in [3.63, 3.8) is 0 Å². The standard InChI is InChI=1S/C11H22N2O/c1-13(2)9-5-3-4-6-10-14-11-7-8-12/h3-7,9-11H2,1-2H3. The molecule has 0 heterocycles. The fourth-order valence-corrected chi connectivity index (χ4v) is 1.21. The Balaban J connectivity index is 2.89. The average molecular weight is 198 g/mol. The Hall–Kier alpha value is -0.590. The van der Waals surface area contributed by atoms with Crippen LogP contribution in [0.4, 0.5) is 0 Å². The zero-order valence-electron chi connectivity index (χ0n) is 9.46. The predicted molar refractivity (Wildman–Crippen MR) is 58.1 cm³/mol. The lowest BCUT2D eigenvalue weighted by atomic mass is 10.2. The summed E-state index contributed by atoms with van der Waals surface area (Å²) in [5.41, 5.74) is 0. The number of hydrogen-bond acceptors (Lipinski definition) is 3. The van der Waals surface area contributed by atoms with Gasteiger partial charge < -0.3 is 9.64 Å². The number of ether oxygens (including phenoxy) is 1. The van der Waals surface area contributed by atoms with E-state index in [-0.39, 0.29) is 0 Å². The maximum absolute atomic E-state index is 8.26. The smallest absolute Gasteiger partial charge is 0.0645 e. The van der Waals surface area contributed by atoms with Crippen molar-refractivity contribution in [2.24, 2.45) is 0 Å². The number of unbranched alkanes of at least 4 members (excludes halogenated alkanes) is 3. The van der Waals surface area contributed by atoms with E-state index in [0.717, 1.165) is 13.0 Å². The summed E-state index contributed by atoms with van der Waals surface area (Å²) < 4.78 is 5.27. The first kappa shape index (κ1) is 13.4. The fraction of sp³-hybridized carbons (Fsp3) is 0.909. The summed E-state index contributed by atoms with van der Waals surface area (Å²) in [5.74, 6) is 0. The number of nitriles is 1. The van der Waals surface area contributed by atoms with Crippen molar-refractivity contribution in [1.82, 2.24) is 4.90 Å². The Morgan fingerprint density at radius 2 is 1.79 bits per heavy atom. The summed E-state index contributed by atoms with van der Waals surface area (Å²) in [5, 5.41) is 8.26. The lowest BCUT2D eigenvalue weighted by Gasteiger charge is -2.08. The minimum absolute atomic E-state index is 0.515. The van der Waals surface area contributed by atoms with Gasteiger partial charge in [0.05, 0.1) is 19.1 Å². The number of hydrogen-bond donors (Lipinski definition) is 0. The molecule has 0 aromatic heterocycles. The first-order valence-corrected chi connectivity index (χ1v) is 5.37. The molecule has 0 N–H and O–H groups in total. The lowest BCUT2D eigenvalue weighted by molar-refractivity contribution is 0.135. The van der Waals surface area contributed by atoms with Gasteiger partial charge in [-0.05, 0) is 33.5 Å². The monoisotopic (exact) mass is 198 g/mol. The predicted octanol–water partition coefficient (Wildman–Crippen LogP) is 2.04. The van der Waals surface area contributed by atoms with Crippen LogP contribution in [0.25, 0.3) is 0 Å². The Kier molecular flexibility index (Phi) is 10.0. The van der Waals surface area contributed by atoms with Gasteiger partial charge in [-0.25, -0.2) is 0 Å². The van der Waals surface area contributed by atoms with Gasteiger partial charge in [0.2, 0.25) is 0 Å². The topological polar surface area (TPSA) is 36.3 Å². The molecule has 0 unspecified atom stereocenters. The highest BCUT2D eigenvalue weighted by Crippen LogP contribution is 2.00. The van der Waals surface area contributed by atoms with E-state index in [0.29, 0.717) is 13.0 Å². The van der Waals surface area contributed by atoms with Crippen molar-refractivity contribution in [1.29, 1.82) is 5.26 Å². The molecule has 82 valence electrons. The molecule has 0 aliphatic carbocycles. The van der Waals surface area contributed by atoms with Crippen LogP contribution in [0.1, 0.15) is 32.1 Å². The van der Waals surface area contributed by atoms with Gasteiger partial charge in [-0.3, -0.25) is 0 Å². The minimum atomic E-state index is 0.515. The van der Waals surface area contributed by atoms with Crippen molar-refractivity contribution in [2.75, 3.05) is 33.9 Å². The van der Waals surface area contributed by atoms with Crippen molar-refractivity contribution in [3.05, 3.63) is 0 Å². The molecule has 0 fully saturated rings. The summed E-state index contributed by atoms with van der Waals surface area (Å²) in [7, 11) is 4.20. The van der Waals surface area contributed by atoms with Gasteiger partial charge in [-0.15, -0.1) is 0 Å². The van der Waals surface area contributed by atoms with Gasteiger partial charge in [0.1, 0.15) is 0 Å². The first-order valence-electron chi connectivity index (χ1n) is 5.37. The van der Waals surface area contributed by atoms with Gasteiger partial charge in [0.25, 0.3) is 0 Å². The second kappa shape index (κ2) is 10.5. The van der Waals surface area contributed by atoms with Crippen LogP contribution in [0.5, 0.6) is 0 Å². The Labute approximate surface area is 87.7 Å². The molecule has 0 spiro atoms. The van der Waals surface area contributed by atoms with Crippen LogP contribution in [0.3, 0.4) is 0 Å². The molecule has 0 aromatic carbocycles. The van der Waals surface area contributed by atoms with Crippen LogP contribution in [0, 0.1) is 11.3 Å². The van der Waals surface area contributed by atoms with E-state index in [1.165, 1.54) is 25.8 Å². The van der Waals surface area contributed by atoms with Gasteiger partial charge >= 0.3 is 0 Å². The summed E-state index contributed by atoms with van der Waals surface area (Å²) in [6.07, 6.45) is 5.42. The summed E-state index contributed by atoms with van der Waals surface area (Å²) in [6.45, 7) is 2.58. The molecule has 0 amide bonds. The van der Waals surface area contributed by atoms with E-state index in [2.05, 4.69) is 25.1 Å². The second-order valence-corrected chi connectivity index (χ2v) is 3.74. The fourth-order valence-electron chi connectivity index (χ4n) is 1.21. The molecule has 0 atom stereocenters. The highest BCUT2D eigenvalue weighted by molar-refractivity contribution is 4.66. The minimum Gasteiger partial charge on any atom is -0.380 e. The molecule has 0 rings (SSSR count). The molecule has 0 saturated heterocycles. The third kappa shape index (κ3) is 11.4. The Bertz CT molecular complexity index is 152. The maximum atomic E-state index is 8.26. The normalized spacial score (nSPS) is 10.4. The highest BCUT2D eigenvalue weighted by atomic mass is 16.5. The third-order valence-corrected chi connectivity index (χ3v) is 2.00. The van der Waals surface area contributed by atoms with E-state index < -0.39 is 0 Å². The molecule has 0 radical (unpaired) electrons. The van der Waals surface area contributed by atoms with Crippen LogP contribution in [-0.2, 0) is 4.74 Å². The summed E-state index contributed by atoms with van der Waals surface area (Å²) in [4.78, 5) is 2.21. The zero-order chi connectivity index (χ0) is 10.6. The van der Waals surface area contributed by atoms with Crippen LogP contribution in [0.2, 0.25) is 0 Å². The Morgan fingerprint density at radius 1 is 1.07 bits per heavy atom. The lowest BCUT2D eigenvalue weighted by Crippen LogP contribution is -2.12. The molecular formula is C11H22N2O. The summed E-state index contributed by atoms with van der Waals surface area (Å²) in [6, 6.07) is 2.06. The van der Waals surface area contributed by atoms with Gasteiger partial charge in [0, 0.05) is 6.61 Å². The van der Waals surface area contributed by atoms with Crippen molar-refractivity contribution in [3.8, 4) is 6.07 Å². The largest absolute Gasteiger partial charge is 0.380 e. The molecule has 14 heavy (non-hydrogen) atoms. The van der Waals surface area contributed by atoms with E-state index in [9.17, 15) is 0 Å². The first-order chi connectivity index (χ1) is 6.77. The van der Waals surface area contributed by atoms with Crippen LogP contribution >= 0.6 is 0 Å². The van der Waals surface area contributed by atoms with Crippen molar-refractivity contribution < 1.29 is 4.74 Å². The van der Waals surface area contributed by atoms with Crippen LogP contribution < -0.4 is 0 Å².